The third-order valence-corrected chi connectivity index (χ3v) is 3.45. The van der Waals surface area contributed by atoms with Gasteiger partial charge in [-0.2, -0.15) is 5.10 Å². The molecule has 0 radical (unpaired) electrons. The lowest BCUT2D eigenvalue weighted by Gasteiger charge is -2.12. The number of carbonyl (C=O) groups is 2. The van der Waals surface area contributed by atoms with Crippen LogP contribution in [0.2, 0.25) is 0 Å². The molecule has 0 spiro atoms. The summed E-state index contributed by atoms with van der Waals surface area (Å²) < 4.78 is 0. The molecule has 0 fully saturated rings. The van der Waals surface area contributed by atoms with Crippen molar-refractivity contribution >= 4 is 12.0 Å². The zero-order chi connectivity index (χ0) is 17.7. The van der Waals surface area contributed by atoms with Crippen LogP contribution in [0.4, 0.5) is 4.79 Å². The number of urea groups is 1. The Bertz CT molecular complexity index is 709. The molecule has 0 saturated carbocycles. The molecule has 2 amide bonds. The summed E-state index contributed by atoms with van der Waals surface area (Å²) in [5.41, 5.74) is 1.02. The van der Waals surface area contributed by atoms with Crippen LogP contribution in [0.1, 0.15) is 60.3 Å². The van der Waals surface area contributed by atoms with E-state index in [1.54, 1.807) is 12.1 Å². The number of aromatic amines is 1. The van der Waals surface area contributed by atoms with Crippen LogP contribution in [0.15, 0.2) is 24.3 Å². The van der Waals surface area contributed by atoms with Crippen molar-refractivity contribution in [3.63, 3.8) is 0 Å². The van der Waals surface area contributed by atoms with E-state index in [9.17, 15) is 9.59 Å². The molecule has 0 aliphatic rings. The highest BCUT2D eigenvalue weighted by Gasteiger charge is 2.15. The van der Waals surface area contributed by atoms with E-state index in [-0.39, 0.29) is 23.6 Å². The van der Waals surface area contributed by atoms with Gasteiger partial charge in [0.05, 0.1) is 11.6 Å². The molecule has 8 nitrogen and oxygen atoms in total. The van der Waals surface area contributed by atoms with Gasteiger partial charge in [0.15, 0.2) is 5.82 Å². The van der Waals surface area contributed by atoms with Crippen molar-refractivity contribution in [2.45, 2.75) is 39.3 Å². The van der Waals surface area contributed by atoms with Gasteiger partial charge < -0.3 is 15.7 Å². The minimum absolute atomic E-state index is 0.211. The normalized spacial score (nSPS) is 12.0. The second kappa shape index (κ2) is 7.58. The zero-order valence-electron chi connectivity index (χ0n) is 13.8. The number of aromatic carboxylic acids is 1. The van der Waals surface area contributed by atoms with E-state index in [1.807, 2.05) is 20.8 Å². The molecule has 4 N–H and O–H groups in total. The van der Waals surface area contributed by atoms with Gasteiger partial charge in [-0.1, -0.05) is 26.0 Å². The number of hydrogen-bond donors (Lipinski definition) is 4. The Labute approximate surface area is 139 Å². The maximum atomic E-state index is 11.9. The van der Waals surface area contributed by atoms with Crippen LogP contribution in [0.3, 0.4) is 0 Å². The van der Waals surface area contributed by atoms with Gasteiger partial charge in [0, 0.05) is 12.5 Å². The van der Waals surface area contributed by atoms with Crippen molar-refractivity contribution < 1.29 is 14.7 Å². The highest BCUT2D eigenvalue weighted by atomic mass is 16.4. The van der Waals surface area contributed by atoms with Crippen LogP contribution in [0.5, 0.6) is 0 Å². The monoisotopic (exact) mass is 331 g/mol. The zero-order valence-corrected chi connectivity index (χ0v) is 13.8. The number of carboxylic acids is 1. The van der Waals surface area contributed by atoms with Crippen molar-refractivity contribution in [3.05, 3.63) is 47.0 Å². The molecular formula is C16H21N5O3. The first-order chi connectivity index (χ1) is 11.4. The van der Waals surface area contributed by atoms with Gasteiger partial charge in [-0.15, -0.1) is 0 Å². The Kier molecular flexibility index (Phi) is 5.51. The summed E-state index contributed by atoms with van der Waals surface area (Å²) in [6, 6.07) is 5.69. The van der Waals surface area contributed by atoms with E-state index >= 15 is 0 Å². The molecule has 0 bridgehead atoms. The van der Waals surface area contributed by atoms with Crippen molar-refractivity contribution in [3.8, 4) is 0 Å². The summed E-state index contributed by atoms with van der Waals surface area (Å²) in [4.78, 5) is 27.1. The van der Waals surface area contributed by atoms with Gasteiger partial charge in [0.1, 0.15) is 5.82 Å². The number of H-pyrrole nitrogens is 1. The topological polar surface area (TPSA) is 120 Å². The molecule has 1 heterocycles. The van der Waals surface area contributed by atoms with Gasteiger partial charge in [0.25, 0.3) is 0 Å². The Morgan fingerprint density at radius 2 is 1.88 bits per heavy atom. The first kappa shape index (κ1) is 17.5. The number of hydrogen-bond acceptors (Lipinski definition) is 4. The summed E-state index contributed by atoms with van der Waals surface area (Å²) in [7, 11) is 0. The first-order valence-electron chi connectivity index (χ1n) is 7.65. The number of nitrogens with zero attached hydrogens (tertiary/aromatic N) is 2. The van der Waals surface area contributed by atoms with E-state index in [0.29, 0.717) is 18.2 Å². The Morgan fingerprint density at radius 1 is 1.21 bits per heavy atom. The summed E-state index contributed by atoms with van der Waals surface area (Å²) in [5, 5.41) is 21.3. The van der Waals surface area contributed by atoms with E-state index in [4.69, 9.17) is 5.11 Å². The van der Waals surface area contributed by atoms with Gasteiger partial charge in [0.2, 0.25) is 0 Å². The summed E-state index contributed by atoms with van der Waals surface area (Å²) in [6.45, 7) is 6.10. The second-order valence-corrected chi connectivity index (χ2v) is 5.78. The third-order valence-electron chi connectivity index (χ3n) is 3.45. The van der Waals surface area contributed by atoms with Gasteiger partial charge >= 0.3 is 12.0 Å². The third kappa shape index (κ3) is 4.55. The van der Waals surface area contributed by atoms with Crippen LogP contribution in [0.25, 0.3) is 0 Å². The summed E-state index contributed by atoms with van der Waals surface area (Å²) in [6.07, 6.45) is 0. The molecule has 0 saturated heterocycles. The minimum Gasteiger partial charge on any atom is -0.478 e. The Balaban J connectivity index is 1.84. The summed E-state index contributed by atoms with van der Waals surface area (Å²) >= 11 is 0. The molecule has 1 aromatic carbocycles. The minimum atomic E-state index is -0.978. The lowest BCUT2D eigenvalue weighted by molar-refractivity contribution is 0.0697. The molecule has 128 valence electrons. The molecule has 8 heteroatoms. The Morgan fingerprint density at radius 3 is 2.42 bits per heavy atom. The molecule has 2 rings (SSSR count). The highest BCUT2D eigenvalue weighted by Crippen LogP contribution is 2.12. The standard InChI is InChI=1S/C16H21N5O3/c1-9(2)13-19-14(21-20-13)10(3)18-16(24)17-8-11-4-6-12(7-5-11)15(22)23/h4-7,9-10H,8H2,1-3H3,(H,22,23)(H2,17,18,24)(H,19,20,21). The van der Waals surface area contributed by atoms with E-state index in [2.05, 4.69) is 25.8 Å². The maximum Gasteiger partial charge on any atom is 0.335 e. The lowest BCUT2D eigenvalue weighted by atomic mass is 10.1. The smallest absolute Gasteiger partial charge is 0.335 e. The van der Waals surface area contributed by atoms with Crippen LogP contribution in [-0.2, 0) is 6.54 Å². The fourth-order valence-corrected chi connectivity index (χ4v) is 2.00. The number of nitrogens with one attached hydrogen (secondary N) is 3. The average molecular weight is 331 g/mol. The van der Waals surface area contributed by atoms with Crippen molar-refractivity contribution in [1.82, 2.24) is 25.8 Å². The number of benzene rings is 1. The van der Waals surface area contributed by atoms with Gasteiger partial charge in [-0.25, -0.2) is 14.6 Å². The number of aromatic nitrogens is 3. The van der Waals surface area contributed by atoms with E-state index in [1.165, 1.54) is 12.1 Å². The molecule has 24 heavy (non-hydrogen) atoms. The van der Waals surface area contributed by atoms with Crippen molar-refractivity contribution in [2.75, 3.05) is 0 Å². The van der Waals surface area contributed by atoms with Crippen molar-refractivity contribution in [1.29, 1.82) is 0 Å². The number of carbonyl (C=O) groups excluding carboxylic acids is 1. The van der Waals surface area contributed by atoms with Crippen LogP contribution >= 0.6 is 0 Å². The molecule has 0 aliphatic carbocycles. The fourth-order valence-electron chi connectivity index (χ4n) is 2.00. The molecule has 0 aliphatic heterocycles. The fraction of sp³-hybridized carbons (Fsp3) is 0.375. The maximum absolute atomic E-state index is 11.9. The van der Waals surface area contributed by atoms with E-state index in [0.717, 1.165) is 5.56 Å². The molecule has 1 aromatic heterocycles. The van der Waals surface area contributed by atoms with Crippen molar-refractivity contribution in [2.24, 2.45) is 0 Å². The van der Waals surface area contributed by atoms with Crippen LogP contribution in [0, 0.1) is 0 Å². The van der Waals surface area contributed by atoms with Gasteiger partial charge in [-0.05, 0) is 24.6 Å². The van der Waals surface area contributed by atoms with Gasteiger partial charge in [-0.3, -0.25) is 5.10 Å². The average Bonchev–Trinajstić information content (AvgIpc) is 3.03. The molecule has 2 aromatic rings. The molecule has 1 unspecified atom stereocenters. The predicted molar refractivity (Wildman–Crippen MR) is 87.7 cm³/mol. The Hall–Kier alpha value is -2.90. The first-order valence-corrected chi connectivity index (χ1v) is 7.65. The van der Waals surface area contributed by atoms with Crippen LogP contribution < -0.4 is 10.6 Å². The summed E-state index contributed by atoms with van der Waals surface area (Å²) in [5.74, 6) is 0.538. The van der Waals surface area contributed by atoms with E-state index < -0.39 is 5.97 Å². The molecule has 1 atom stereocenters. The number of amides is 2. The highest BCUT2D eigenvalue weighted by molar-refractivity contribution is 5.87. The SMILES string of the molecule is CC(C)c1n[nH]c(C(C)NC(=O)NCc2ccc(C(=O)O)cc2)n1. The lowest BCUT2D eigenvalue weighted by Crippen LogP contribution is -2.37. The number of rotatable bonds is 6. The quantitative estimate of drug-likeness (QED) is 0.646. The largest absolute Gasteiger partial charge is 0.478 e. The second-order valence-electron chi connectivity index (χ2n) is 5.78. The predicted octanol–water partition coefficient (Wildman–Crippen LogP) is 2.19. The van der Waals surface area contributed by atoms with Crippen LogP contribution in [-0.4, -0.2) is 32.3 Å². The molecular weight excluding hydrogens is 310 g/mol. The number of carboxylic acid groups (broad SMARTS) is 1.